The van der Waals surface area contributed by atoms with Crippen LogP contribution in [0.3, 0.4) is 0 Å². The third-order valence-electron chi connectivity index (χ3n) is 2.55. The van der Waals surface area contributed by atoms with Crippen LogP contribution in [-0.2, 0) is 0 Å². The monoisotopic (exact) mass is 208 g/mol. The van der Waals surface area contributed by atoms with Crippen LogP contribution in [0.15, 0.2) is 0 Å². The Morgan fingerprint density at radius 2 is 0.786 bits per heavy atom. The molecular weight excluding hydrogens is 192 g/mol. The molecule has 0 radical (unpaired) electrons. The standard InChI is InChI=1S/C8H16O6/c9-3-1-5(11)7(13)8(14)6(12)2-4(3)10/h3-14H,1-2H2/t3-,4+,5-,6-,7-,8-/m1/s1. The van der Waals surface area contributed by atoms with Crippen molar-refractivity contribution in [1.82, 2.24) is 0 Å². The van der Waals surface area contributed by atoms with Crippen LogP contribution in [-0.4, -0.2) is 67.3 Å². The molecule has 0 saturated heterocycles. The van der Waals surface area contributed by atoms with Crippen LogP contribution in [0.2, 0.25) is 0 Å². The zero-order valence-corrected chi connectivity index (χ0v) is 7.56. The molecule has 0 spiro atoms. The second kappa shape index (κ2) is 4.52. The normalized spacial score (nSPS) is 51.0. The highest BCUT2D eigenvalue weighted by atomic mass is 16.4. The van der Waals surface area contributed by atoms with Crippen molar-refractivity contribution in [3.05, 3.63) is 0 Å². The molecule has 84 valence electrons. The van der Waals surface area contributed by atoms with Gasteiger partial charge in [0.2, 0.25) is 0 Å². The molecule has 1 aliphatic rings. The highest BCUT2D eigenvalue weighted by Gasteiger charge is 2.37. The van der Waals surface area contributed by atoms with Crippen molar-refractivity contribution >= 4 is 0 Å². The Morgan fingerprint density at radius 1 is 0.500 bits per heavy atom. The molecule has 6 heteroatoms. The van der Waals surface area contributed by atoms with Gasteiger partial charge in [0.25, 0.3) is 0 Å². The quantitative estimate of drug-likeness (QED) is 0.251. The SMILES string of the molecule is O[C@H]1[C@H](O)[C@H](O)C[C@H](O)[C@H](O)C[C@H]1O. The molecule has 14 heavy (non-hydrogen) atoms. The van der Waals surface area contributed by atoms with E-state index in [2.05, 4.69) is 0 Å². The van der Waals surface area contributed by atoms with Gasteiger partial charge in [0.15, 0.2) is 0 Å². The zero-order chi connectivity index (χ0) is 10.9. The molecule has 0 aromatic rings. The Labute approximate surface area is 81.1 Å². The minimum atomic E-state index is -1.51. The average molecular weight is 208 g/mol. The molecule has 6 nitrogen and oxygen atoms in total. The lowest BCUT2D eigenvalue weighted by Gasteiger charge is -2.33. The summed E-state index contributed by atoms with van der Waals surface area (Å²) in [5.74, 6) is 0. The summed E-state index contributed by atoms with van der Waals surface area (Å²) < 4.78 is 0. The van der Waals surface area contributed by atoms with Gasteiger partial charge in [0.1, 0.15) is 12.2 Å². The lowest BCUT2D eigenvalue weighted by atomic mass is 9.89. The van der Waals surface area contributed by atoms with Crippen molar-refractivity contribution in [2.24, 2.45) is 0 Å². The number of aliphatic hydroxyl groups is 6. The Hall–Kier alpha value is -0.240. The van der Waals surface area contributed by atoms with E-state index in [1.807, 2.05) is 0 Å². The van der Waals surface area contributed by atoms with Crippen LogP contribution in [0.4, 0.5) is 0 Å². The minimum Gasteiger partial charge on any atom is -0.390 e. The van der Waals surface area contributed by atoms with Gasteiger partial charge in [-0.1, -0.05) is 0 Å². The van der Waals surface area contributed by atoms with Gasteiger partial charge in [0, 0.05) is 12.8 Å². The molecule has 0 heterocycles. The predicted molar refractivity (Wildman–Crippen MR) is 45.3 cm³/mol. The zero-order valence-electron chi connectivity index (χ0n) is 7.56. The van der Waals surface area contributed by atoms with Gasteiger partial charge < -0.3 is 30.6 Å². The van der Waals surface area contributed by atoms with Crippen molar-refractivity contribution < 1.29 is 30.6 Å². The van der Waals surface area contributed by atoms with E-state index in [1.165, 1.54) is 0 Å². The predicted octanol–water partition coefficient (Wildman–Crippen LogP) is -3.05. The van der Waals surface area contributed by atoms with Crippen molar-refractivity contribution in [3.63, 3.8) is 0 Å². The summed E-state index contributed by atoms with van der Waals surface area (Å²) in [6.07, 6.45) is -8.60. The minimum absolute atomic E-state index is 0.230. The van der Waals surface area contributed by atoms with Crippen molar-refractivity contribution in [2.75, 3.05) is 0 Å². The van der Waals surface area contributed by atoms with Crippen LogP contribution >= 0.6 is 0 Å². The molecular formula is C8H16O6. The van der Waals surface area contributed by atoms with E-state index < -0.39 is 36.6 Å². The molecule has 0 aromatic carbocycles. The summed E-state index contributed by atoms with van der Waals surface area (Å²) in [6.45, 7) is 0. The largest absolute Gasteiger partial charge is 0.390 e. The molecule has 6 N–H and O–H groups in total. The van der Waals surface area contributed by atoms with Crippen molar-refractivity contribution in [1.29, 1.82) is 0 Å². The summed E-state index contributed by atoms with van der Waals surface area (Å²) in [5.41, 5.74) is 0. The van der Waals surface area contributed by atoms with E-state index in [4.69, 9.17) is 0 Å². The van der Waals surface area contributed by atoms with Gasteiger partial charge in [0.05, 0.1) is 24.4 Å². The van der Waals surface area contributed by atoms with Crippen LogP contribution in [0, 0.1) is 0 Å². The smallest absolute Gasteiger partial charge is 0.108 e. The van der Waals surface area contributed by atoms with Gasteiger partial charge in [-0.15, -0.1) is 0 Å². The van der Waals surface area contributed by atoms with Gasteiger partial charge in [-0.05, 0) is 0 Å². The van der Waals surface area contributed by atoms with E-state index in [0.29, 0.717) is 0 Å². The van der Waals surface area contributed by atoms with Gasteiger partial charge in [-0.25, -0.2) is 0 Å². The van der Waals surface area contributed by atoms with Gasteiger partial charge >= 0.3 is 0 Å². The lowest BCUT2D eigenvalue weighted by Crippen LogP contribution is -2.51. The van der Waals surface area contributed by atoms with E-state index in [-0.39, 0.29) is 12.8 Å². The Morgan fingerprint density at radius 3 is 1.07 bits per heavy atom. The second-order valence-electron chi connectivity index (χ2n) is 3.72. The first-order valence-electron chi connectivity index (χ1n) is 4.52. The fourth-order valence-electron chi connectivity index (χ4n) is 1.54. The third-order valence-corrected chi connectivity index (χ3v) is 2.55. The maximum atomic E-state index is 9.27. The maximum Gasteiger partial charge on any atom is 0.108 e. The Bertz CT molecular complexity index is 167. The number of hydrogen-bond acceptors (Lipinski definition) is 6. The first-order chi connectivity index (χ1) is 6.43. The molecule has 0 aliphatic heterocycles. The van der Waals surface area contributed by atoms with Crippen molar-refractivity contribution in [2.45, 2.75) is 49.5 Å². The molecule has 0 bridgehead atoms. The fourth-order valence-corrected chi connectivity index (χ4v) is 1.54. The Kier molecular flexibility index (Phi) is 3.82. The van der Waals surface area contributed by atoms with Gasteiger partial charge in [-0.3, -0.25) is 0 Å². The summed E-state index contributed by atoms with van der Waals surface area (Å²) in [5, 5.41) is 55.6. The van der Waals surface area contributed by atoms with Gasteiger partial charge in [-0.2, -0.15) is 0 Å². The molecule has 6 atom stereocenters. The van der Waals surface area contributed by atoms with E-state index in [9.17, 15) is 30.6 Å². The molecule has 1 rings (SSSR count). The van der Waals surface area contributed by atoms with E-state index in [0.717, 1.165) is 0 Å². The highest BCUT2D eigenvalue weighted by Crippen LogP contribution is 2.19. The molecule has 1 fully saturated rings. The fraction of sp³-hybridized carbons (Fsp3) is 1.00. The molecule has 0 amide bonds. The lowest BCUT2D eigenvalue weighted by molar-refractivity contribution is -0.148. The summed E-state index contributed by atoms with van der Waals surface area (Å²) in [6, 6.07) is 0. The van der Waals surface area contributed by atoms with E-state index in [1.54, 1.807) is 0 Å². The topological polar surface area (TPSA) is 121 Å². The first kappa shape index (κ1) is 11.8. The number of aliphatic hydroxyl groups excluding tert-OH is 6. The van der Waals surface area contributed by atoms with Crippen LogP contribution in [0.5, 0.6) is 0 Å². The van der Waals surface area contributed by atoms with Crippen molar-refractivity contribution in [3.8, 4) is 0 Å². The highest BCUT2D eigenvalue weighted by molar-refractivity contribution is 4.89. The third kappa shape index (κ3) is 2.41. The van der Waals surface area contributed by atoms with E-state index >= 15 is 0 Å². The summed E-state index contributed by atoms with van der Waals surface area (Å²) >= 11 is 0. The molecule has 1 aliphatic carbocycles. The molecule has 0 aromatic heterocycles. The number of hydrogen-bond donors (Lipinski definition) is 6. The maximum absolute atomic E-state index is 9.27. The van der Waals surface area contributed by atoms with Crippen LogP contribution in [0.25, 0.3) is 0 Å². The molecule has 0 unspecified atom stereocenters. The van der Waals surface area contributed by atoms with Crippen LogP contribution < -0.4 is 0 Å². The first-order valence-corrected chi connectivity index (χ1v) is 4.52. The second-order valence-corrected chi connectivity index (χ2v) is 3.72. The molecule has 1 saturated carbocycles. The summed E-state index contributed by atoms with van der Waals surface area (Å²) in [7, 11) is 0. The summed E-state index contributed by atoms with van der Waals surface area (Å²) in [4.78, 5) is 0. The number of rotatable bonds is 0. The Balaban J connectivity index is 2.72. The average Bonchev–Trinajstić information content (AvgIpc) is 2.13. The van der Waals surface area contributed by atoms with Crippen LogP contribution in [0.1, 0.15) is 12.8 Å².